The van der Waals surface area contributed by atoms with Crippen LogP contribution in [-0.2, 0) is 12.3 Å². The number of rotatable bonds is 5. The maximum absolute atomic E-state index is 5.95. The summed E-state index contributed by atoms with van der Waals surface area (Å²) in [6, 6.07) is 7.84. The Labute approximate surface area is 116 Å². The molecule has 6 heteroatoms. The van der Waals surface area contributed by atoms with Crippen LogP contribution < -0.4 is 5.73 Å². The van der Waals surface area contributed by atoms with E-state index in [1.165, 1.54) is 5.56 Å². The van der Waals surface area contributed by atoms with E-state index in [-0.39, 0.29) is 0 Å². The fraction of sp³-hybridized carbons (Fsp3) is 0.333. The molecule has 18 heavy (non-hydrogen) atoms. The summed E-state index contributed by atoms with van der Waals surface area (Å²) in [4.78, 5) is 0. The summed E-state index contributed by atoms with van der Waals surface area (Å²) >= 11 is 7.60. The van der Waals surface area contributed by atoms with Crippen molar-refractivity contribution in [3.8, 4) is 0 Å². The van der Waals surface area contributed by atoms with E-state index >= 15 is 0 Å². The minimum atomic E-state index is 0.587. The third-order valence-corrected chi connectivity index (χ3v) is 3.78. The molecule has 0 aliphatic carbocycles. The number of hydrogen-bond acceptors (Lipinski definition) is 4. The van der Waals surface area contributed by atoms with Crippen molar-refractivity contribution in [2.75, 3.05) is 6.54 Å². The zero-order valence-corrected chi connectivity index (χ0v) is 11.7. The van der Waals surface area contributed by atoms with Gasteiger partial charge in [0.2, 0.25) is 0 Å². The number of nitrogens with two attached hydrogens (primary N) is 1. The highest BCUT2D eigenvalue weighted by molar-refractivity contribution is 7.98. The van der Waals surface area contributed by atoms with Gasteiger partial charge in [-0.3, -0.25) is 0 Å². The molecule has 2 N–H and O–H groups in total. The molecular weight excluding hydrogens is 268 g/mol. The fourth-order valence-corrected chi connectivity index (χ4v) is 2.80. The molecule has 2 rings (SSSR count). The highest BCUT2D eigenvalue weighted by Gasteiger charge is 2.08. The largest absolute Gasteiger partial charge is 0.329 e. The molecule has 1 aromatic carbocycles. The first-order valence-corrected chi connectivity index (χ1v) is 7.04. The summed E-state index contributed by atoms with van der Waals surface area (Å²) in [6.07, 6.45) is 0. The first kappa shape index (κ1) is 13.4. The lowest BCUT2D eigenvalue weighted by molar-refractivity contribution is 0.627. The number of hydrogen-bond donors (Lipinski definition) is 1. The van der Waals surface area contributed by atoms with Crippen molar-refractivity contribution in [1.29, 1.82) is 0 Å². The molecule has 0 aliphatic rings. The monoisotopic (exact) mass is 282 g/mol. The molecule has 1 aromatic heterocycles. The van der Waals surface area contributed by atoms with Crippen molar-refractivity contribution in [2.24, 2.45) is 5.73 Å². The van der Waals surface area contributed by atoms with Crippen LogP contribution in [0.25, 0.3) is 0 Å². The predicted molar refractivity (Wildman–Crippen MR) is 74.8 cm³/mol. The Morgan fingerprint density at radius 3 is 2.94 bits per heavy atom. The summed E-state index contributed by atoms with van der Waals surface area (Å²) in [6.45, 7) is 3.27. The Hall–Kier alpha value is -1.04. The van der Waals surface area contributed by atoms with Gasteiger partial charge in [-0.2, -0.15) is 0 Å². The summed E-state index contributed by atoms with van der Waals surface area (Å²) in [7, 11) is 0. The van der Waals surface area contributed by atoms with Gasteiger partial charge in [-0.05, 0) is 24.6 Å². The van der Waals surface area contributed by atoms with Crippen LogP contribution in [0.4, 0.5) is 0 Å². The smallest absolute Gasteiger partial charge is 0.191 e. The van der Waals surface area contributed by atoms with Gasteiger partial charge in [0.25, 0.3) is 0 Å². The Morgan fingerprint density at radius 2 is 2.22 bits per heavy atom. The van der Waals surface area contributed by atoms with Crippen LogP contribution in [0.2, 0.25) is 5.02 Å². The molecule has 1 heterocycles. The second-order valence-corrected chi connectivity index (χ2v) is 5.27. The van der Waals surface area contributed by atoms with Gasteiger partial charge in [0.1, 0.15) is 5.82 Å². The van der Waals surface area contributed by atoms with E-state index in [1.54, 1.807) is 11.8 Å². The Morgan fingerprint density at radius 1 is 1.39 bits per heavy atom. The van der Waals surface area contributed by atoms with E-state index in [1.807, 2.05) is 29.7 Å². The molecule has 0 unspecified atom stereocenters. The minimum Gasteiger partial charge on any atom is -0.329 e. The maximum atomic E-state index is 5.95. The normalized spacial score (nSPS) is 10.8. The predicted octanol–water partition coefficient (Wildman–Crippen LogP) is 2.49. The number of benzene rings is 1. The second kappa shape index (κ2) is 6.22. The van der Waals surface area contributed by atoms with Gasteiger partial charge < -0.3 is 10.3 Å². The standard InChI is InChI=1S/C12H15ClN4S/c1-9-15-16-12(17(9)6-5-14)18-8-10-3-2-4-11(13)7-10/h2-4,7H,5-6,8,14H2,1H3. The van der Waals surface area contributed by atoms with Crippen LogP contribution in [0.3, 0.4) is 0 Å². The Kier molecular flexibility index (Phi) is 4.63. The lowest BCUT2D eigenvalue weighted by atomic mass is 10.2. The highest BCUT2D eigenvalue weighted by Crippen LogP contribution is 2.23. The number of aromatic nitrogens is 3. The number of halogens is 1. The lowest BCUT2D eigenvalue weighted by Gasteiger charge is -2.06. The molecule has 96 valence electrons. The summed E-state index contributed by atoms with van der Waals surface area (Å²) < 4.78 is 2.04. The lowest BCUT2D eigenvalue weighted by Crippen LogP contribution is -2.12. The average molecular weight is 283 g/mol. The van der Waals surface area contributed by atoms with Gasteiger partial charge in [0.15, 0.2) is 5.16 Å². The number of nitrogens with zero attached hydrogens (tertiary/aromatic N) is 3. The molecule has 2 aromatic rings. The first-order chi connectivity index (χ1) is 8.70. The van der Waals surface area contributed by atoms with Gasteiger partial charge in [-0.15, -0.1) is 10.2 Å². The van der Waals surface area contributed by atoms with E-state index in [0.29, 0.717) is 6.54 Å². The van der Waals surface area contributed by atoms with Crippen molar-refractivity contribution in [3.63, 3.8) is 0 Å². The molecule has 0 saturated heterocycles. The Balaban J connectivity index is 2.06. The second-order valence-electron chi connectivity index (χ2n) is 3.89. The third-order valence-electron chi connectivity index (χ3n) is 2.51. The maximum Gasteiger partial charge on any atom is 0.191 e. The van der Waals surface area contributed by atoms with E-state index in [0.717, 1.165) is 28.3 Å². The van der Waals surface area contributed by atoms with Crippen LogP contribution in [0.5, 0.6) is 0 Å². The summed E-state index contributed by atoms with van der Waals surface area (Å²) in [5.41, 5.74) is 6.76. The van der Waals surface area contributed by atoms with Crippen molar-refractivity contribution in [2.45, 2.75) is 24.4 Å². The van der Waals surface area contributed by atoms with Gasteiger partial charge in [0, 0.05) is 23.9 Å². The molecule has 4 nitrogen and oxygen atoms in total. The average Bonchev–Trinajstić information content (AvgIpc) is 2.69. The minimum absolute atomic E-state index is 0.587. The number of thioether (sulfide) groups is 1. The van der Waals surface area contributed by atoms with Crippen molar-refractivity contribution in [3.05, 3.63) is 40.7 Å². The van der Waals surface area contributed by atoms with Gasteiger partial charge >= 0.3 is 0 Å². The van der Waals surface area contributed by atoms with Gasteiger partial charge in [-0.25, -0.2) is 0 Å². The molecule has 0 spiro atoms. The van der Waals surface area contributed by atoms with E-state index < -0.39 is 0 Å². The van der Waals surface area contributed by atoms with Crippen LogP contribution >= 0.6 is 23.4 Å². The molecule has 0 atom stereocenters. The zero-order valence-electron chi connectivity index (χ0n) is 10.1. The third kappa shape index (κ3) is 3.25. The van der Waals surface area contributed by atoms with Crippen molar-refractivity contribution >= 4 is 23.4 Å². The van der Waals surface area contributed by atoms with Crippen LogP contribution in [-0.4, -0.2) is 21.3 Å². The van der Waals surface area contributed by atoms with E-state index in [4.69, 9.17) is 17.3 Å². The SMILES string of the molecule is Cc1nnc(SCc2cccc(Cl)c2)n1CCN. The first-order valence-electron chi connectivity index (χ1n) is 5.68. The summed E-state index contributed by atoms with van der Waals surface area (Å²) in [5, 5.41) is 9.89. The fourth-order valence-electron chi connectivity index (χ4n) is 1.63. The topological polar surface area (TPSA) is 56.7 Å². The molecular formula is C12H15ClN4S. The summed E-state index contributed by atoms with van der Waals surface area (Å²) in [5.74, 6) is 1.72. The Bertz CT molecular complexity index is 527. The van der Waals surface area contributed by atoms with Crippen molar-refractivity contribution < 1.29 is 0 Å². The van der Waals surface area contributed by atoms with Crippen LogP contribution in [0.15, 0.2) is 29.4 Å². The number of aryl methyl sites for hydroxylation is 1. The molecule has 0 fully saturated rings. The van der Waals surface area contributed by atoms with Crippen LogP contribution in [0, 0.1) is 6.92 Å². The zero-order chi connectivity index (χ0) is 13.0. The highest BCUT2D eigenvalue weighted by atomic mass is 35.5. The quantitative estimate of drug-likeness (QED) is 0.856. The molecule has 0 aliphatic heterocycles. The van der Waals surface area contributed by atoms with Crippen LogP contribution in [0.1, 0.15) is 11.4 Å². The van der Waals surface area contributed by atoms with E-state index in [9.17, 15) is 0 Å². The van der Waals surface area contributed by atoms with E-state index in [2.05, 4.69) is 16.3 Å². The molecule has 0 bridgehead atoms. The molecule has 0 radical (unpaired) electrons. The van der Waals surface area contributed by atoms with Gasteiger partial charge in [0.05, 0.1) is 0 Å². The van der Waals surface area contributed by atoms with Gasteiger partial charge in [-0.1, -0.05) is 35.5 Å². The van der Waals surface area contributed by atoms with Crippen molar-refractivity contribution in [1.82, 2.24) is 14.8 Å². The molecule has 0 amide bonds. The molecule has 0 saturated carbocycles.